The van der Waals surface area contributed by atoms with Crippen LogP contribution in [0.4, 0.5) is 0 Å². The average Bonchev–Trinajstić information content (AvgIpc) is 3.12. The van der Waals surface area contributed by atoms with Crippen molar-refractivity contribution in [3.05, 3.63) is 41.5 Å². The Morgan fingerprint density at radius 1 is 1.28 bits per heavy atom. The molecule has 0 bridgehead atoms. The van der Waals surface area contributed by atoms with Crippen LogP contribution in [-0.2, 0) is 17.8 Å². The molecule has 0 spiro atoms. The van der Waals surface area contributed by atoms with E-state index < -0.39 is 6.10 Å². The van der Waals surface area contributed by atoms with E-state index in [1.165, 1.54) is 0 Å². The van der Waals surface area contributed by atoms with Crippen molar-refractivity contribution in [2.45, 2.75) is 26.1 Å². The summed E-state index contributed by atoms with van der Waals surface area (Å²) in [5.74, 6) is 2.26. The van der Waals surface area contributed by atoms with E-state index in [0.717, 1.165) is 56.5 Å². The third-order valence-electron chi connectivity index (χ3n) is 4.86. The molecule has 1 unspecified atom stereocenters. The van der Waals surface area contributed by atoms with Crippen molar-refractivity contribution in [1.29, 1.82) is 0 Å². The molecule has 0 radical (unpaired) electrons. The summed E-state index contributed by atoms with van der Waals surface area (Å²) < 4.78 is 16.7. The van der Waals surface area contributed by atoms with Crippen molar-refractivity contribution in [3.8, 4) is 11.5 Å². The smallest absolute Gasteiger partial charge is 0.161 e. The second-order valence-electron chi connectivity index (χ2n) is 7.55. The summed E-state index contributed by atoms with van der Waals surface area (Å²) in [6.07, 6.45) is 1.28. The maximum Gasteiger partial charge on any atom is 0.161 e. The van der Waals surface area contributed by atoms with Crippen LogP contribution in [-0.4, -0.2) is 84.6 Å². The first-order valence-electron chi connectivity index (χ1n) is 10.0. The zero-order valence-corrected chi connectivity index (χ0v) is 17.6. The summed E-state index contributed by atoms with van der Waals surface area (Å²) in [6.45, 7) is 7.44. The quantitative estimate of drug-likeness (QED) is 0.620. The monoisotopic (exact) mass is 404 g/mol. The van der Waals surface area contributed by atoms with Crippen LogP contribution in [0.25, 0.3) is 0 Å². The van der Waals surface area contributed by atoms with Gasteiger partial charge in [0.2, 0.25) is 0 Å². The number of benzene rings is 1. The molecule has 0 amide bonds. The summed E-state index contributed by atoms with van der Waals surface area (Å²) in [6, 6.07) is 5.91. The van der Waals surface area contributed by atoms with Crippen LogP contribution in [0.15, 0.2) is 24.4 Å². The molecular weight excluding hydrogens is 372 g/mol. The van der Waals surface area contributed by atoms with Crippen LogP contribution in [0.5, 0.6) is 11.5 Å². The average molecular weight is 405 g/mol. The summed E-state index contributed by atoms with van der Waals surface area (Å²) in [5.41, 5.74) is 2.18. The normalized spacial score (nSPS) is 16.2. The van der Waals surface area contributed by atoms with E-state index in [1.807, 2.05) is 31.3 Å². The van der Waals surface area contributed by atoms with Gasteiger partial charge in [-0.1, -0.05) is 6.07 Å². The lowest BCUT2D eigenvalue weighted by Gasteiger charge is -2.28. The maximum atomic E-state index is 10.3. The number of β-amino-alcohol motifs (C(OH)–C–C–N with tert-alkyl or cyclic N) is 1. The number of aliphatic hydroxyl groups is 1. The standard InChI is InChI=1S/C21H32N4O4/c1-16-11-22-21(23-16)14-24(2)12-17-4-5-19(20(10-17)27-3)29-15-18(26)13-25-6-8-28-9-7-25/h4-5,10-11,18,26H,6-9,12-15H2,1-3H3,(H,22,23). The molecule has 2 heterocycles. The number of H-pyrrole nitrogens is 1. The number of methoxy groups -OCH3 is 1. The summed E-state index contributed by atoms with van der Waals surface area (Å²) in [5, 5.41) is 10.3. The molecule has 3 rings (SSSR count). The third-order valence-corrected chi connectivity index (χ3v) is 4.86. The highest BCUT2D eigenvalue weighted by molar-refractivity contribution is 5.43. The highest BCUT2D eigenvalue weighted by Gasteiger charge is 2.16. The fourth-order valence-corrected chi connectivity index (χ4v) is 3.42. The Kier molecular flexibility index (Phi) is 7.88. The number of aromatic nitrogens is 2. The van der Waals surface area contributed by atoms with E-state index in [9.17, 15) is 5.11 Å². The van der Waals surface area contributed by atoms with E-state index in [1.54, 1.807) is 7.11 Å². The molecule has 29 heavy (non-hydrogen) atoms. The first-order valence-corrected chi connectivity index (χ1v) is 10.0. The minimum atomic E-state index is -0.555. The van der Waals surface area contributed by atoms with Crippen LogP contribution in [0, 0.1) is 6.92 Å². The number of aryl methyl sites for hydroxylation is 1. The Hall–Kier alpha value is -2.13. The van der Waals surface area contributed by atoms with Crippen molar-refractivity contribution in [2.75, 3.05) is 53.6 Å². The lowest BCUT2D eigenvalue weighted by Crippen LogP contribution is -2.42. The van der Waals surface area contributed by atoms with Crippen LogP contribution >= 0.6 is 0 Å². The predicted octanol–water partition coefficient (Wildman–Crippen LogP) is 1.43. The lowest BCUT2D eigenvalue weighted by molar-refractivity contribution is 0.00445. The van der Waals surface area contributed by atoms with Crippen molar-refractivity contribution >= 4 is 0 Å². The van der Waals surface area contributed by atoms with Crippen LogP contribution in [0.3, 0.4) is 0 Å². The number of hydrogen-bond donors (Lipinski definition) is 2. The van der Waals surface area contributed by atoms with Gasteiger partial charge in [-0.15, -0.1) is 0 Å². The minimum absolute atomic E-state index is 0.227. The van der Waals surface area contributed by atoms with Crippen LogP contribution < -0.4 is 9.47 Å². The van der Waals surface area contributed by atoms with Gasteiger partial charge in [-0.25, -0.2) is 4.98 Å². The number of imidazole rings is 1. The molecule has 1 atom stereocenters. The van der Waals surface area contributed by atoms with E-state index in [0.29, 0.717) is 18.0 Å². The lowest BCUT2D eigenvalue weighted by atomic mass is 10.2. The second-order valence-corrected chi connectivity index (χ2v) is 7.55. The fourth-order valence-electron chi connectivity index (χ4n) is 3.42. The number of hydrogen-bond acceptors (Lipinski definition) is 7. The van der Waals surface area contributed by atoms with Crippen molar-refractivity contribution in [1.82, 2.24) is 19.8 Å². The first kappa shape index (κ1) is 21.6. The maximum absolute atomic E-state index is 10.3. The molecule has 1 fully saturated rings. The molecule has 8 nitrogen and oxygen atoms in total. The van der Waals surface area contributed by atoms with Crippen LogP contribution in [0.2, 0.25) is 0 Å². The molecule has 1 aliphatic rings. The number of nitrogens with one attached hydrogen (secondary N) is 1. The Balaban J connectivity index is 1.51. The summed E-state index contributed by atoms with van der Waals surface area (Å²) in [4.78, 5) is 12.0. The van der Waals surface area contributed by atoms with E-state index in [-0.39, 0.29) is 6.61 Å². The third kappa shape index (κ3) is 6.71. The highest BCUT2D eigenvalue weighted by Crippen LogP contribution is 2.28. The Labute approximate surface area is 172 Å². The Bertz CT molecular complexity index is 761. The number of aliphatic hydroxyl groups excluding tert-OH is 1. The van der Waals surface area contributed by atoms with Gasteiger partial charge < -0.3 is 24.3 Å². The highest BCUT2D eigenvalue weighted by atomic mass is 16.5. The number of rotatable bonds is 10. The molecule has 160 valence electrons. The zero-order chi connectivity index (χ0) is 20.6. The molecule has 2 aromatic rings. The topological polar surface area (TPSA) is 83.1 Å². The van der Waals surface area contributed by atoms with E-state index in [2.05, 4.69) is 26.8 Å². The number of morpholine rings is 1. The Morgan fingerprint density at radius 2 is 2.07 bits per heavy atom. The minimum Gasteiger partial charge on any atom is -0.493 e. The molecular formula is C21H32N4O4. The van der Waals surface area contributed by atoms with Gasteiger partial charge in [-0.3, -0.25) is 9.80 Å². The number of nitrogens with zero attached hydrogens (tertiary/aromatic N) is 3. The van der Waals surface area contributed by atoms with Crippen molar-refractivity contribution < 1.29 is 19.3 Å². The number of ether oxygens (including phenoxy) is 3. The van der Waals surface area contributed by atoms with Crippen molar-refractivity contribution in [3.63, 3.8) is 0 Å². The summed E-state index contributed by atoms with van der Waals surface area (Å²) in [7, 11) is 3.68. The SMILES string of the molecule is COc1cc(CN(C)Cc2ncc(C)[nH]2)ccc1OCC(O)CN1CCOCC1. The van der Waals surface area contributed by atoms with Gasteiger partial charge in [0.05, 0.1) is 26.9 Å². The van der Waals surface area contributed by atoms with Crippen molar-refractivity contribution in [2.24, 2.45) is 0 Å². The molecule has 0 aliphatic carbocycles. The predicted molar refractivity (Wildman–Crippen MR) is 110 cm³/mol. The van der Waals surface area contributed by atoms with Gasteiger partial charge in [0.25, 0.3) is 0 Å². The first-order chi connectivity index (χ1) is 14.0. The van der Waals surface area contributed by atoms with Gasteiger partial charge >= 0.3 is 0 Å². The molecule has 1 aromatic carbocycles. The largest absolute Gasteiger partial charge is 0.493 e. The van der Waals surface area contributed by atoms with Gasteiger partial charge in [-0.2, -0.15) is 0 Å². The van der Waals surface area contributed by atoms with Gasteiger partial charge in [0.15, 0.2) is 11.5 Å². The van der Waals surface area contributed by atoms with E-state index in [4.69, 9.17) is 14.2 Å². The molecule has 1 saturated heterocycles. The van der Waals surface area contributed by atoms with Crippen LogP contribution in [0.1, 0.15) is 17.1 Å². The Morgan fingerprint density at radius 3 is 2.76 bits per heavy atom. The molecule has 8 heteroatoms. The zero-order valence-electron chi connectivity index (χ0n) is 17.6. The fraction of sp³-hybridized carbons (Fsp3) is 0.571. The molecule has 2 N–H and O–H groups in total. The molecule has 1 aliphatic heterocycles. The van der Waals surface area contributed by atoms with Gasteiger partial charge in [-0.05, 0) is 31.7 Å². The summed E-state index contributed by atoms with van der Waals surface area (Å²) >= 11 is 0. The van der Waals surface area contributed by atoms with Gasteiger partial charge in [0.1, 0.15) is 18.5 Å². The number of aromatic amines is 1. The van der Waals surface area contributed by atoms with Gasteiger partial charge in [0, 0.05) is 38.1 Å². The van der Waals surface area contributed by atoms with E-state index >= 15 is 0 Å². The molecule has 0 saturated carbocycles. The second kappa shape index (κ2) is 10.6. The molecule has 1 aromatic heterocycles.